The zero-order valence-electron chi connectivity index (χ0n) is 15.4. The number of benzene rings is 2. The smallest absolute Gasteiger partial charge is 0.258 e. The molecule has 1 aliphatic heterocycles. The van der Waals surface area contributed by atoms with E-state index in [1.54, 1.807) is 0 Å². The number of anilines is 1. The van der Waals surface area contributed by atoms with Gasteiger partial charge in [-0.25, -0.2) is 0 Å². The van der Waals surface area contributed by atoms with Gasteiger partial charge < -0.3 is 19.9 Å². The maximum Gasteiger partial charge on any atom is 0.258 e. The number of likely N-dealkylation sites (N-methyl/N-ethyl adjacent to an activating group) is 1. The first-order valence-corrected chi connectivity index (χ1v) is 9.25. The minimum absolute atomic E-state index is 0.0316. The molecule has 0 saturated carbocycles. The van der Waals surface area contributed by atoms with Gasteiger partial charge in [0, 0.05) is 38.4 Å². The lowest BCUT2D eigenvalue weighted by Crippen LogP contribution is -2.46. The van der Waals surface area contributed by atoms with Gasteiger partial charge in [-0.2, -0.15) is 0 Å². The number of piperazine rings is 1. The molecule has 5 nitrogen and oxygen atoms in total. The molecule has 0 bridgehead atoms. The second kappa shape index (κ2) is 9.25. The highest BCUT2D eigenvalue weighted by Crippen LogP contribution is 2.17. The first kappa shape index (κ1) is 18.3. The molecule has 5 heteroatoms. The molecule has 1 heterocycles. The van der Waals surface area contributed by atoms with Crippen LogP contribution in [0.2, 0.25) is 0 Å². The zero-order valence-corrected chi connectivity index (χ0v) is 15.4. The van der Waals surface area contributed by atoms with Gasteiger partial charge >= 0.3 is 0 Å². The van der Waals surface area contributed by atoms with Gasteiger partial charge in [0.25, 0.3) is 5.91 Å². The van der Waals surface area contributed by atoms with E-state index in [2.05, 4.69) is 46.3 Å². The number of ether oxygens (including phenoxy) is 1. The van der Waals surface area contributed by atoms with Crippen LogP contribution in [-0.2, 0) is 11.3 Å². The summed E-state index contributed by atoms with van der Waals surface area (Å²) in [6, 6.07) is 17.8. The van der Waals surface area contributed by atoms with Gasteiger partial charge in [0.15, 0.2) is 6.61 Å². The fourth-order valence-electron chi connectivity index (χ4n) is 3.06. The molecule has 0 radical (unpaired) electrons. The maximum atomic E-state index is 11.9. The quantitative estimate of drug-likeness (QED) is 0.831. The molecule has 1 N–H and O–H groups in total. The van der Waals surface area contributed by atoms with Crippen molar-refractivity contribution in [2.24, 2.45) is 0 Å². The number of rotatable bonds is 7. The Bertz CT molecular complexity index is 680. The lowest BCUT2D eigenvalue weighted by atomic mass is 10.1. The van der Waals surface area contributed by atoms with Crippen LogP contribution in [-0.4, -0.2) is 50.1 Å². The summed E-state index contributed by atoms with van der Waals surface area (Å²) >= 11 is 0. The molecule has 0 spiro atoms. The second-order valence-corrected chi connectivity index (χ2v) is 6.47. The number of nitrogens with zero attached hydrogens (tertiary/aromatic N) is 2. The molecule has 0 aromatic heterocycles. The van der Waals surface area contributed by atoms with Crippen molar-refractivity contribution in [3.8, 4) is 5.75 Å². The Labute approximate surface area is 155 Å². The van der Waals surface area contributed by atoms with Crippen molar-refractivity contribution in [1.82, 2.24) is 10.2 Å². The summed E-state index contributed by atoms with van der Waals surface area (Å²) in [5.74, 6) is 0.587. The third-order valence-corrected chi connectivity index (χ3v) is 4.72. The highest BCUT2D eigenvalue weighted by molar-refractivity contribution is 5.77. The third kappa shape index (κ3) is 5.23. The second-order valence-electron chi connectivity index (χ2n) is 6.47. The Morgan fingerprint density at radius 3 is 2.35 bits per heavy atom. The van der Waals surface area contributed by atoms with E-state index in [0.29, 0.717) is 12.3 Å². The van der Waals surface area contributed by atoms with Crippen LogP contribution < -0.4 is 15.0 Å². The summed E-state index contributed by atoms with van der Waals surface area (Å²) in [7, 11) is 0. The van der Waals surface area contributed by atoms with Crippen LogP contribution in [0.25, 0.3) is 0 Å². The average molecular weight is 353 g/mol. The highest BCUT2D eigenvalue weighted by Gasteiger charge is 2.15. The molecule has 26 heavy (non-hydrogen) atoms. The fraction of sp³-hybridized carbons (Fsp3) is 0.381. The number of para-hydroxylation sites is 1. The summed E-state index contributed by atoms with van der Waals surface area (Å²) in [5, 5.41) is 2.90. The maximum absolute atomic E-state index is 11.9. The number of amides is 1. The van der Waals surface area contributed by atoms with Crippen molar-refractivity contribution in [1.29, 1.82) is 0 Å². The number of hydrogen-bond donors (Lipinski definition) is 1. The fourth-order valence-corrected chi connectivity index (χ4v) is 3.06. The van der Waals surface area contributed by atoms with Crippen molar-refractivity contribution in [2.75, 3.05) is 44.2 Å². The Morgan fingerprint density at radius 2 is 1.69 bits per heavy atom. The molecule has 0 aliphatic carbocycles. The van der Waals surface area contributed by atoms with E-state index < -0.39 is 0 Å². The molecule has 138 valence electrons. The van der Waals surface area contributed by atoms with Crippen LogP contribution in [0.15, 0.2) is 54.6 Å². The van der Waals surface area contributed by atoms with Crippen LogP contribution in [0.1, 0.15) is 12.5 Å². The Kier molecular flexibility index (Phi) is 6.50. The van der Waals surface area contributed by atoms with E-state index in [4.69, 9.17) is 4.74 Å². The van der Waals surface area contributed by atoms with Gasteiger partial charge in [-0.15, -0.1) is 0 Å². The minimum Gasteiger partial charge on any atom is -0.484 e. The van der Waals surface area contributed by atoms with Crippen molar-refractivity contribution in [2.45, 2.75) is 13.5 Å². The van der Waals surface area contributed by atoms with Gasteiger partial charge in [0.1, 0.15) is 5.75 Å². The van der Waals surface area contributed by atoms with Gasteiger partial charge in [0.2, 0.25) is 0 Å². The average Bonchev–Trinajstić information content (AvgIpc) is 2.72. The molecule has 3 rings (SSSR count). The van der Waals surface area contributed by atoms with Crippen molar-refractivity contribution in [3.63, 3.8) is 0 Å². The van der Waals surface area contributed by atoms with Gasteiger partial charge in [-0.1, -0.05) is 37.3 Å². The van der Waals surface area contributed by atoms with Gasteiger partial charge in [-0.05, 0) is 36.4 Å². The van der Waals surface area contributed by atoms with Crippen molar-refractivity contribution >= 4 is 11.6 Å². The molecular formula is C21H27N3O2. The predicted molar refractivity (Wildman–Crippen MR) is 105 cm³/mol. The summed E-state index contributed by atoms with van der Waals surface area (Å²) in [4.78, 5) is 16.8. The predicted octanol–water partition coefficient (Wildman–Crippen LogP) is 2.52. The monoisotopic (exact) mass is 353 g/mol. The van der Waals surface area contributed by atoms with E-state index >= 15 is 0 Å². The standard InChI is InChI=1S/C21H27N3O2/c1-2-23-12-14-24(15-13-23)19-10-8-18(9-11-19)16-22-21(25)17-26-20-6-4-3-5-7-20/h3-11H,2,12-17H2,1H3,(H,22,25). The van der Waals surface area contributed by atoms with Crippen molar-refractivity contribution < 1.29 is 9.53 Å². The van der Waals surface area contributed by atoms with E-state index in [-0.39, 0.29) is 12.5 Å². The molecule has 2 aromatic rings. The lowest BCUT2D eigenvalue weighted by Gasteiger charge is -2.35. The van der Waals surface area contributed by atoms with Crippen LogP contribution in [0.4, 0.5) is 5.69 Å². The third-order valence-electron chi connectivity index (χ3n) is 4.72. The zero-order chi connectivity index (χ0) is 18.2. The SMILES string of the molecule is CCN1CCN(c2ccc(CNC(=O)COc3ccccc3)cc2)CC1. The molecule has 1 aliphatic rings. The molecular weight excluding hydrogens is 326 g/mol. The van der Waals surface area contributed by atoms with Crippen LogP contribution in [0.5, 0.6) is 5.75 Å². The first-order valence-electron chi connectivity index (χ1n) is 9.25. The number of carbonyl (C=O) groups excluding carboxylic acids is 1. The Hall–Kier alpha value is -2.53. The number of nitrogens with one attached hydrogen (secondary N) is 1. The summed E-state index contributed by atoms with van der Waals surface area (Å²) in [5.41, 5.74) is 2.34. The van der Waals surface area contributed by atoms with Crippen LogP contribution >= 0.6 is 0 Å². The Balaban J connectivity index is 1.42. The van der Waals surface area contributed by atoms with E-state index in [0.717, 1.165) is 38.3 Å². The molecule has 0 unspecified atom stereocenters. The van der Waals surface area contributed by atoms with E-state index in [1.807, 2.05) is 30.3 Å². The Morgan fingerprint density at radius 1 is 1.00 bits per heavy atom. The molecule has 1 saturated heterocycles. The molecule has 2 aromatic carbocycles. The molecule has 1 fully saturated rings. The van der Waals surface area contributed by atoms with Crippen molar-refractivity contribution in [3.05, 3.63) is 60.2 Å². The minimum atomic E-state index is -0.117. The summed E-state index contributed by atoms with van der Waals surface area (Å²) < 4.78 is 5.45. The largest absolute Gasteiger partial charge is 0.484 e. The van der Waals surface area contributed by atoms with E-state index in [9.17, 15) is 4.79 Å². The molecule has 0 atom stereocenters. The number of hydrogen-bond acceptors (Lipinski definition) is 4. The summed E-state index contributed by atoms with van der Waals surface area (Å²) in [6.07, 6.45) is 0. The lowest BCUT2D eigenvalue weighted by molar-refractivity contribution is -0.123. The topological polar surface area (TPSA) is 44.8 Å². The van der Waals surface area contributed by atoms with E-state index in [1.165, 1.54) is 5.69 Å². The van der Waals surface area contributed by atoms with Crippen LogP contribution in [0.3, 0.4) is 0 Å². The van der Waals surface area contributed by atoms with Gasteiger partial charge in [0.05, 0.1) is 0 Å². The first-order chi connectivity index (χ1) is 12.7. The number of carbonyl (C=O) groups is 1. The van der Waals surface area contributed by atoms with Gasteiger partial charge in [-0.3, -0.25) is 4.79 Å². The summed E-state index contributed by atoms with van der Waals surface area (Å²) in [6.45, 7) is 8.27. The van der Waals surface area contributed by atoms with Crippen LogP contribution in [0, 0.1) is 0 Å². The molecule has 1 amide bonds. The highest BCUT2D eigenvalue weighted by atomic mass is 16.5. The normalized spacial score (nSPS) is 14.9.